The summed E-state index contributed by atoms with van der Waals surface area (Å²) >= 11 is 0. The number of aryl methyl sites for hydroxylation is 1. The molecule has 0 saturated heterocycles. The number of nitrogens with one attached hydrogen (secondary N) is 1. The maximum Gasteiger partial charge on any atom is 0.224 e. The minimum Gasteiger partial charge on any atom is -0.395 e. The van der Waals surface area contributed by atoms with Crippen molar-refractivity contribution in [2.24, 2.45) is 0 Å². The van der Waals surface area contributed by atoms with Gasteiger partial charge in [0, 0.05) is 31.1 Å². The molecule has 1 aliphatic rings. The number of aliphatic hydroxyl groups is 1. The van der Waals surface area contributed by atoms with Crippen molar-refractivity contribution in [3.8, 4) is 0 Å². The van der Waals surface area contributed by atoms with E-state index in [0.717, 1.165) is 36.4 Å². The van der Waals surface area contributed by atoms with E-state index in [0.29, 0.717) is 13.0 Å². The smallest absolute Gasteiger partial charge is 0.224 e. The van der Waals surface area contributed by atoms with Gasteiger partial charge in [0.2, 0.25) is 5.91 Å². The molecule has 2 rings (SSSR count). The summed E-state index contributed by atoms with van der Waals surface area (Å²) in [6, 6.07) is 0.168. The van der Waals surface area contributed by atoms with Crippen LogP contribution in [-0.2, 0) is 24.2 Å². The summed E-state index contributed by atoms with van der Waals surface area (Å²) in [6.45, 7) is 8.78. The topological polar surface area (TPSA) is 67.2 Å². The lowest BCUT2D eigenvalue weighted by atomic mass is 9.95. The van der Waals surface area contributed by atoms with E-state index in [1.165, 1.54) is 11.3 Å². The number of allylic oxidation sites excluding steroid dienone is 1. The molecule has 2 N–H and O–H groups in total. The summed E-state index contributed by atoms with van der Waals surface area (Å²) in [5.74, 6) is 1.05. The number of aliphatic hydroxyl groups excluding tert-OH is 1. The Morgan fingerprint density at radius 3 is 2.77 bits per heavy atom. The van der Waals surface area contributed by atoms with Crippen LogP contribution in [0.1, 0.15) is 50.8 Å². The molecule has 0 spiro atoms. The van der Waals surface area contributed by atoms with Gasteiger partial charge in [-0.25, -0.2) is 4.98 Å². The zero-order chi connectivity index (χ0) is 16.3. The highest BCUT2D eigenvalue weighted by atomic mass is 16.3. The Kier molecular flexibility index (Phi) is 5.40. The van der Waals surface area contributed by atoms with Gasteiger partial charge in [-0.15, -0.1) is 0 Å². The first-order chi connectivity index (χ1) is 10.4. The van der Waals surface area contributed by atoms with E-state index in [2.05, 4.69) is 14.9 Å². The van der Waals surface area contributed by atoms with E-state index in [1.54, 1.807) is 0 Å². The molecule has 1 aliphatic carbocycles. The molecule has 0 aromatic carbocycles. The molecule has 0 bridgehead atoms. The Labute approximate surface area is 132 Å². The van der Waals surface area contributed by atoms with Gasteiger partial charge >= 0.3 is 0 Å². The van der Waals surface area contributed by atoms with E-state index in [1.807, 2.05) is 27.7 Å². The molecule has 1 aromatic heterocycles. The maximum absolute atomic E-state index is 12.1. The number of aromatic nitrogens is 2. The van der Waals surface area contributed by atoms with Crippen molar-refractivity contribution in [3.63, 3.8) is 0 Å². The van der Waals surface area contributed by atoms with Gasteiger partial charge in [-0.2, -0.15) is 0 Å². The molecule has 1 aromatic rings. The zero-order valence-electron chi connectivity index (χ0n) is 14.1. The minimum atomic E-state index is 0.0960. The molecule has 0 fully saturated rings. The third kappa shape index (κ3) is 3.77. The van der Waals surface area contributed by atoms with Crippen LogP contribution in [0.4, 0.5) is 0 Å². The lowest BCUT2D eigenvalue weighted by Gasteiger charge is -2.24. The van der Waals surface area contributed by atoms with Crippen LogP contribution in [0.2, 0.25) is 0 Å². The first-order valence-corrected chi connectivity index (χ1v) is 8.00. The molecule has 1 heterocycles. The molecule has 0 aliphatic heterocycles. The monoisotopic (exact) mass is 305 g/mol. The standard InChI is InChI=1S/C17H27N3O2/c1-11(2)12(3)9-17(22)19-14-5-6-16-15(10-14)18-13(4)20(16)7-8-21/h14,21H,5-10H2,1-4H3,(H,19,22). The van der Waals surface area contributed by atoms with Crippen LogP contribution >= 0.6 is 0 Å². The highest BCUT2D eigenvalue weighted by molar-refractivity contribution is 5.78. The molecular formula is C17H27N3O2. The summed E-state index contributed by atoms with van der Waals surface area (Å²) in [4.78, 5) is 16.7. The number of hydrogen-bond acceptors (Lipinski definition) is 3. The molecule has 5 nitrogen and oxygen atoms in total. The number of imidazole rings is 1. The number of amides is 1. The predicted molar refractivity (Wildman–Crippen MR) is 86.7 cm³/mol. The van der Waals surface area contributed by atoms with Gasteiger partial charge in [0.05, 0.1) is 12.3 Å². The van der Waals surface area contributed by atoms with Crippen LogP contribution < -0.4 is 5.32 Å². The quantitative estimate of drug-likeness (QED) is 0.817. The summed E-state index contributed by atoms with van der Waals surface area (Å²) in [6.07, 6.45) is 3.10. The van der Waals surface area contributed by atoms with Crippen LogP contribution in [0.15, 0.2) is 11.1 Å². The Balaban J connectivity index is 1.99. The first-order valence-electron chi connectivity index (χ1n) is 8.00. The van der Waals surface area contributed by atoms with Crippen molar-refractivity contribution in [1.82, 2.24) is 14.9 Å². The lowest BCUT2D eigenvalue weighted by Crippen LogP contribution is -2.39. The van der Waals surface area contributed by atoms with Crippen LogP contribution in [-0.4, -0.2) is 33.2 Å². The normalized spacial score (nSPS) is 17.0. The second-order valence-electron chi connectivity index (χ2n) is 6.39. The molecule has 22 heavy (non-hydrogen) atoms. The van der Waals surface area contributed by atoms with Gasteiger partial charge < -0.3 is 15.0 Å². The Morgan fingerprint density at radius 2 is 2.14 bits per heavy atom. The number of nitrogens with zero attached hydrogens (tertiary/aromatic N) is 2. The van der Waals surface area contributed by atoms with Crippen molar-refractivity contribution in [1.29, 1.82) is 0 Å². The van der Waals surface area contributed by atoms with Crippen LogP contribution in [0, 0.1) is 6.92 Å². The predicted octanol–water partition coefficient (Wildman–Crippen LogP) is 1.90. The summed E-state index contributed by atoms with van der Waals surface area (Å²) in [5.41, 5.74) is 4.63. The van der Waals surface area contributed by atoms with Gasteiger partial charge in [0.1, 0.15) is 5.82 Å². The van der Waals surface area contributed by atoms with Crippen molar-refractivity contribution < 1.29 is 9.90 Å². The fraction of sp³-hybridized carbons (Fsp3) is 0.647. The highest BCUT2D eigenvalue weighted by Crippen LogP contribution is 2.22. The Hall–Kier alpha value is -1.62. The van der Waals surface area contributed by atoms with Gasteiger partial charge in [0.25, 0.3) is 0 Å². The maximum atomic E-state index is 12.1. The van der Waals surface area contributed by atoms with Crippen LogP contribution in [0.3, 0.4) is 0 Å². The summed E-state index contributed by atoms with van der Waals surface area (Å²) < 4.78 is 2.10. The zero-order valence-corrected chi connectivity index (χ0v) is 14.1. The molecule has 1 unspecified atom stereocenters. The van der Waals surface area contributed by atoms with Crippen LogP contribution in [0.5, 0.6) is 0 Å². The summed E-state index contributed by atoms with van der Waals surface area (Å²) in [5, 5.41) is 12.3. The fourth-order valence-electron chi connectivity index (χ4n) is 2.98. The average molecular weight is 305 g/mol. The third-order valence-electron chi connectivity index (χ3n) is 4.48. The van der Waals surface area contributed by atoms with Crippen molar-refractivity contribution in [2.45, 2.75) is 66.0 Å². The Bertz CT molecular complexity index is 583. The second kappa shape index (κ2) is 7.09. The van der Waals surface area contributed by atoms with E-state index in [-0.39, 0.29) is 18.6 Å². The molecule has 5 heteroatoms. The molecular weight excluding hydrogens is 278 g/mol. The molecule has 1 amide bonds. The Morgan fingerprint density at radius 1 is 1.41 bits per heavy atom. The molecule has 1 atom stereocenters. The minimum absolute atomic E-state index is 0.0960. The number of hydrogen-bond donors (Lipinski definition) is 2. The van der Waals surface area contributed by atoms with Gasteiger partial charge in [-0.05, 0) is 40.5 Å². The third-order valence-corrected chi connectivity index (χ3v) is 4.48. The van der Waals surface area contributed by atoms with Crippen molar-refractivity contribution in [3.05, 3.63) is 28.4 Å². The summed E-state index contributed by atoms with van der Waals surface area (Å²) in [7, 11) is 0. The van der Waals surface area contributed by atoms with E-state index >= 15 is 0 Å². The highest BCUT2D eigenvalue weighted by Gasteiger charge is 2.25. The number of rotatable bonds is 5. The lowest BCUT2D eigenvalue weighted by molar-refractivity contribution is -0.121. The molecule has 122 valence electrons. The largest absolute Gasteiger partial charge is 0.395 e. The number of fused-ring (bicyclic) bond motifs is 1. The van der Waals surface area contributed by atoms with E-state index in [4.69, 9.17) is 5.11 Å². The van der Waals surface area contributed by atoms with Gasteiger partial charge in [-0.3, -0.25) is 4.79 Å². The van der Waals surface area contributed by atoms with Crippen molar-refractivity contribution in [2.75, 3.05) is 6.61 Å². The number of carbonyl (C=O) groups excluding carboxylic acids is 1. The van der Waals surface area contributed by atoms with Crippen LogP contribution in [0.25, 0.3) is 0 Å². The second-order valence-corrected chi connectivity index (χ2v) is 6.39. The molecule has 0 radical (unpaired) electrons. The first kappa shape index (κ1) is 16.7. The number of carbonyl (C=O) groups is 1. The van der Waals surface area contributed by atoms with Gasteiger partial charge in [0.15, 0.2) is 0 Å². The fourth-order valence-corrected chi connectivity index (χ4v) is 2.98. The van der Waals surface area contributed by atoms with E-state index < -0.39 is 0 Å². The van der Waals surface area contributed by atoms with Crippen molar-refractivity contribution >= 4 is 5.91 Å². The molecule has 0 saturated carbocycles. The van der Waals surface area contributed by atoms with Gasteiger partial charge in [-0.1, -0.05) is 11.1 Å². The van der Waals surface area contributed by atoms with E-state index in [9.17, 15) is 4.79 Å². The SMILES string of the molecule is CC(C)=C(C)CC(=O)NC1CCc2c(nc(C)n2CCO)C1. The average Bonchev–Trinajstić information content (AvgIpc) is 2.74.